The van der Waals surface area contributed by atoms with E-state index in [2.05, 4.69) is 31.3 Å². The van der Waals surface area contributed by atoms with E-state index in [-0.39, 0.29) is 18.9 Å². The summed E-state index contributed by atoms with van der Waals surface area (Å²) in [5.41, 5.74) is 0. The van der Waals surface area contributed by atoms with Crippen molar-refractivity contribution in [1.29, 1.82) is 0 Å². The number of aliphatic hydroxyl groups excluding tert-OH is 3. The third kappa shape index (κ3) is 38.4. The smallest absolute Gasteiger partial charge is 0.222 e. The van der Waals surface area contributed by atoms with Crippen molar-refractivity contribution in [1.82, 2.24) is 5.32 Å². The van der Waals surface area contributed by atoms with Crippen LogP contribution in [-0.2, 0) is 4.79 Å². The van der Waals surface area contributed by atoms with Crippen LogP contribution in [0.2, 0.25) is 0 Å². The first-order valence-electron chi connectivity index (χ1n) is 22.6. The minimum Gasteiger partial charge on any atom is -0.394 e. The zero-order valence-electron chi connectivity index (χ0n) is 34.2. The maximum absolute atomic E-state index is 12.4. The zero-order valence-corrected chi connectivity index (χ0v) is 34.2. The van der Waals surface area contributed by atoms with Crippen LogP contribution in [0.1, 0.15) is 239 Å². The standard InChI is InChI=1S/C46H89NO4/c1-3-5-7-9-11-13-15-17-19-21-22-23-24-26-28-30-32-34-36-38-40-45(50)44(42-48)47-46(51)41-43(49)39-37-35-33-31-29-27-25-20-18-16-14-12-10-8-6-4-2/h30,32,38,40,43-45,48-50H,3-29,31,33-37,39,41-42H2,1-2H3,(H,47,51)/b32-30+,40-38+. The number of carbonyl (C=O) groups excluding carboxylic acids is 1. The van der Waals surface area contributed by atoms with Gasteiger partial charge in [0.2, 0.25) is 5.91 Å². The average Bonchev–Trinajstić information content (AvgIpc) is 3.12. The Morgan fingerprint density at radius 2 is 0.843 bits per heavy atom. The van der Waals surface area contributed by atoms with Crippen LogP contribution in [0.15, 0.2) is 24.3 Å². The number of unbranched alkanes of at least 4 members (excludes halogenated alkanes) is 30. The number of allylic oxidation sites excluding steroid dienone is 3. The van der Waals surface area contributed by atoms with Crippen molar-refractivity contribution in [3.8, 4) is 0 Å². The molecule has 0 fully saturated rings. The lowest BCUT2D eigenvalue weighted by atomic mass is 10.0. The molecule has 51 heavy (non-hydrogen) atoms. The van der Waals surface area contributed by atoms with E-state index in [4.69, 9.17) is 0 Å². The lowest BCUT2D eigenvalue weighted by Crippen LogP contribution is -2.45. The molecule has 0 aromatic rings. The van der Waals surface area contributed by atoms with Gasteiger partial charge >= 0.3 is 0 Å². The Kier molecular flexibility index (Phi) is 40.6. The summed E-state index contributed by atoms with van der Waals surface area (Å²) in [6, 6.07) is -0.757. The van der Waals surface area contributed by atoms with Crippen molar-refractivity contribution >= 4 is 5.91 Å². The highest BCUT2D eigenvalue weighted by atomic mass is 16.3. The molecule has 0 rings (SSSR count). The summed E-state index contributed by atoms with van der Waals surface area (Å²) in [6.07, 6.45) is 50.4. The van der Waals surface area contributed by atoms with Crippen LogP contribution in [0.25, 0.3) is 0 Å². The summed E-state index contributed by atoms with van der Waals surface area (Å²) in [6.45, 7) is 4.21. The molecule has 0 radical (unpaired) electrons. The Balaban J connectivity index is 3.68. The van der Waals surface area contributed by atoms with E-state index in [0.717, 1.165) is 32.1 Å². The minimum absolute atomic E-state index is 0.00970. The molecule has 0 spiro atoms. The summed E-state index contributed by atoms with van der Waals surface area (Å²) in [4.78, 5) is 12.4. The molecule has 0 aliphatic carbocycles. The summed E-state index contributed by atoms with van der Waals surface area (Å²) in [5, 5.41) is 33.2. The molecule has 0 heterocycles. The van der Waals surface area contributed by atoms with Crippen molar-refractivity contribution < 1.29 is 20.1 Å². The molecule has 4 N–H and O–H groups in total. The molecule has 0 saturated carbocycles. The molecule has 3 unspecified atom stereocenters. The number of amides is 1. The summed E-state index contributed by atoms with van der Waals surface area (Å²) >= 11 is 0. The van der Waals surface area contributed by atoms with Crippen LogP contribution in [-0.4, -0.2) is 46.1 Å². The highest BCUT2D eigenvalue weighted by Crippen LogP contribution is 2.16. The van der Waals surface area contributed by atoms with Gasteiger partial charge in [-0.1, -0.05) is 224 Å². The van der Waals surface area contributed by atoms with Gasteiger partial charge in [0.15, 0.2) is 0 Å². The van der Waals surface area contributed by atoms with Crippen LogP contribution < -0.4 is 5.32 Å². The summed E-state index contributed by atoms with van der Waals surface area (Å²) < 4.78 is 0. The third-order valence-electron chi connectivity index (χ3n) is 10.5. The maximum atomic E-state index is 12.4. The van der Waals surface area contributed by atoms with Gasteiger partial charge in [0, 0.05) is 0 Å². The molecule has 5 nitrogen and oxygen atoms in total. The highest BCUT2D eigenvalue weighted by molar-refractivity contribution is 5.76. The average molecular weight is 720 g/mol. The predicted octanol–water partition coefficient (Wildman–Crippen LogP) is 13.0. The van der Waals surface area contributed by atoms with Crippen LogP contribution >= 0.6 is 0 Å². The van der Waals surface area contributed by atoms with Gasteiger partial charge in [-0.25, -0.2) is 0 Å². The van der Waals surface area contributed by atoms with Crippen LogP contribution in [0.4, 0.5) is 0 Å². The number of nitrogens with one attached hydrogen (secondary N) is 1. The monoisotopic (exact) mass is 720 g/mol. The molecule has 0 aromatic heterocycles. The van der Waals surface area contributed by atoms with E-state index in [9.17, 15) is 20.1 Å². The van der Waals surface area contributed by atoms with Crippen LogP contribution in [0.3, 0.4) is 0 Å². The Bertz CT molecular complexity index is 754. The molecule has 1 amide bonds. The fourth-order valence-electron chi connectivity index (χ4n) is 7.00. The first kappa shape index (κ1) is 49.8. The Labute approximate surface area is 318 Å². The van der Waals surface area contributed by atoms with Gasteiger partial charge in [-0.3, -0.25) is 4.79 Å². The van der Waals surface area contributed by atoms with Gasteiger partial charge in [-0.05, 0) is 32.1 Å². The van der Waals surface area contributed by atoms with Gasteiger partial charge in [0.05, 0.1) is 31.3 Å². The third-order valence-corrected chi connectivity index (χ3v) is 10.5. The minimum atomic E-state index is -0.948. The van der Waals surface area contributed by atoms with Gasteiger partial charge in [-0.2, -0.15) is 0 Å². The quantitative estimate of drug-likeness (QED) is 0.0374. The number of aliphatic hydroxyl groups is 3. The maximum Gasteiger partial charge on any atom is 0.222 e. The molecule has 0 bridgehead atoms. The van der Waals surface area contributed by atoms with E-state index < -0.39 is 18.2 Å². The normalized spacial score (nSPS) is 13.7. The predicted molar refractivity (Wildman–Crippen MR) is 222 cm³/mol. The molecular weight excluding hydrogens is 631 g/mol. The number of hydrogen-bond acceptors (Lipinski definition) is 4. The molecular formula is C46H89NO4. The molecule has 3 atom stereocenters. The van der Waals surface area contributed by atoms with Crippen LogP contribution in [0.5, 0.6) is 0 Å². The molecule has 0 aliphatic rings. The largest absolute Gasteiger partial charge is 0.394 e. The fraction of sp³-hybridized carbons (Fsp3) is 0.891. The topological polar surface area (TPSA) is 89.8 Å². The summed E-state index contributed by atoms with van der Waals surface area (Å²) in [7, 11) is 0. The molecule has 0 saturated heterocycles. The van der Waals surface area contributed by atoms with E-state index in [0.29, 0.717) is 6.42 Å². The number of rotatable bonds is 41. The van der Waals surface area contributed by atoms with Crippen LogP contribution in [0, 0.1) is 0 Å². The molecule has 5 heteroatoms. The Morgan fingerprint density at radius 3 is 1.25 bits per heavy atom. The fourth-order valence-corrected chi connectivity index (χ4v) is 7.00. The summed E-state index contributed by atoms with van der Waals surface area (Å²) in [5.74, 6) is -0.322. The van der Waals surface area contributed by atoms with Crippen molar-refractivity contribution in [3.63, 3.8) is 0 Å². The highest BCUT2D eigenvalue weighted by Gasteiger charge is 2.20. The van der Waals surface area contributed by atoms with Crippen molar-refractivity contribution in [3.05, 3.63) is 24.3 Å². The van der Waals surface area contributed by atoms with E-state index >= 15 is 0 Å². The second-order valence-corrected chi connectivity index (χ2v) is 15.7. The van der Waals surface area contributed by atoms with E-state index in [1.165, 1.54) is 180 Å². The van der Waals surface area contributed by atoms with E-state index in [1.807, 2.05) is 6.08 Å². The second kappa shape index (κ2) is 41.6. The van der Waals surface area contributed by atoms with Gasteiger partial charge in [0.25, 0.3) is 0 Å². The molecule has 0 aromatic carbocycles. The van der Waals surface area contributed by atoms with Crippen molar-refractivity contribution in [2.75, 3.05) is 6.61 Å². The van der Waals surface area contributed by atoms with Gasteiger partial charge in [0.1, 0.15) is 0 Å². The Hall–Kier alpha value is -1.17. The molecule has 0 aliphatic heterocycles. The second-order valence-electron chi connectivity index (χ2n) is 15.7. The lowest BCUT2D eigenvalue weighted by molar-refractivity contribution is -0.124. The zero-order chi connectivity index (χ0) is 37.3. The molecule has 302 valence electrons. The lowest BCUT2D eigenvalue weighted by Gasteiger charge is -2.21. The Morgan fingerprint density at radius 1 is 0.490 bits per heavy atom. The first-order valence-corrected chi connectivity index (χ1v) is 22.6. The van der Waals surface area contributed by atoms with Gasteiger partial charge in [-0.15, -0.1) is 0 Å². The van der Waals surface area contributed by atoms with Crippen molar-refractivity contribution in [2.24, 2.45) is 0 Å². The number of carbonyl (C=O) groups is 1. The van der Waals surface area contributed by atoms with Gasteiger partial charge < -0.3 is 20.6 Å². The van der Waals surface area contributed by atoms with E-state index in [1.54, 1.807) is 6.08 Å². The van der Waals surface area contributed by atoms with Crippen molar-refractivity contribution in [2.45, 2.75) is 257 Å². The SMILES string of the molecule is CCCCCCCCCCCCCCCC/C=C/CC/C=C/C(O)C(CO)NC(=O)CC(O)CCCCCCCCCCCCCCCCCC. The first-order chi connectivity index (χ1) is 25.0. The number of hydrogen-bond donors (Lipinski definition) is 4.